The highest BCUT2D eigenvalue weighted by molar-refractivity contribution is 6.35. The van der Waals surface area contributed by atoms with E-state index in [1.54, 1.807) is 30.3 Å². The van der Waals surface area contributed by atoms with E-state index >= 15 is 0 Å². The maximum Gasteiger partial charge on any atom is 0.256 e. The monoisotopic (exact) mass is 267 g/mol. The Morgan fingerprint density at radius 3 is 2.60 bits per heavy atom. The Bertz CT molecular complexity index is 735. The van der Waals surface area contributed by atoms with Crippen molar-refractivity contribution >= 4 is 23.0 Å². The molecule has 0 aliphatic carbocycles. The van der Waals surface area contributed by atoms with Gasteiger partial charge in [0, 0.05) is 16.8 Å². The van der Waals surface area contributed by atoms with Gasteiger partial charge in [0.1, 0.15) is 5.82 Å². The summed E-state index contributed by atoms with van der Waals surface area (Å²) in [6.07, 6.45) is 1.25. The standard InChI is InChI=1S/C16H10FNO2/c17-11-6-7-14-12(8-11)13(16(20)18-14)9-15(19)10-4-2-1-3-5-10/h1-9H,(H,18,20)/b13-9-. The van der Waals surface area contributed by atoms with E-state index in [9.17, 15) is 14.0 Å². The molecule has 0 atom stereocenters. The highest BCUT2D eigenvalue weighted by Gasteiger charge is 2.25. The maximum atomic E-state index is 13.3. The van der Waals surface area contributed by atoms with Crippen LogP contribution in [0.4, 0.5) is 10.1 Å². The lowest BCUT2D eigenvalue weighted by Gasteiger charge is -1.99. The van der Waals surface area contributed by atoms with Crippen LogP contribution in [0.3, 0.4) is 0 Å². The molecule has 3 nitrogen and oxygen atoms in total. The van der Waals surface area contributed by atoms with E-state index in [-0.39, 0.29) is 11.4 Å². The van der Waals surface area contributed by atoms with Crippen molar-refractivity contribution in [3.63, 3.8) is 0 Å². The highest BCUT2D eigenvalue weighted by atomic mass is 19.1. The molecular formula is C16H10FNO2. The SMILES string of the molecule is O=C1Nc2ccc(F)cc2/C1=C/C(=O)c1ccccc1. The van der Waals surface area contributed by atoms with Crippen molar-refractivity contribution in [3.05, 3.63) is 71.6 Å². The van der Waals surface area contributed by atoms with E-state index in [1.807, 2.05) is 0 Å². The minimum absolute atomic E-state index is 0.188. The summed E-state index contributed by atoms with van der Waals surface area (Å²) >= 11 is 0. The Morgan fingerprint density at radius 2 is 1.85 bits per heavy atom. The van der Waals surface area contributed by atoms with Crippen molar-refractivity contribution < 1.29 is 14.0 Å². The quantitative estimate of drug-likeness (QED) is 0.671. The van der Waals surface area contributed by atoms with Crippen LogP contribution >= 0.6 is 0 Å². The Morgan fingerprint density at radius 1 is 1.10 bits per heavy atom. The van der Waals surface area contributed by atoms with Gasteiger partial charge in [-0.2, -0.15) is 0 Å². The number of hydrogen-bond acceptors (Lipinski definition) is 2. The van der Waals surface area contributed by atoms with Crippen LogP contribution in [0.5, 0.6) is 0 Å². The third-order valence-electron chi connectivity index (χ3n) is 3.10. The second-order valence-corrected chi connectivity index (χ2v) is 4.43. The van der Waals surface area contributed by atoms with Gasteiger partial charge in [-0.25, -0.2) is 4.39 Å². The first-order chi connectivity index (χ1) is 9.65. The van der Waals surface area contributed by atoms with Crippen LogP contribution in [0.15, 0.2) is 54.6 Å². The first kappa shape index (κ1) is 12.3. The fraction of sp³-hybridized carbons (Fsp3) is 0. The van der Waals surface area contributed by atoms with Gasteiger partial charge in [0.2, 0.25) is 0 Å². The molecule has 1 heterocycles. The van der Waals surface area contributed by atoms with Crippen molar-refractivity contribution in [3.8, 4) is 0 Å². The third kappa shape index (κ3) is 2.12. The molecule has 0 unspecified atom stereocenters. The summed E-state index contributed by atoms with van der Waals surface area (Å²) in [5.74, 6) is -1.12. The zero-order valence-electron chi connectivity index (χ0n) is 10.4. The normalized spacial score (nSPS) is 15.1. The van der Waals surface area contributed by atoms with Crippen molar-refractivity contribution in [2.45, 2.75) is 0 Å². The first-order valence-electron chi connectivity index (χ1n) is 6.07. The lowest BCUT2D eigenvalue weighted by atomic mass is 10.0. The first-order valence-corrected chi connectivity index (χ1v) is 6.07. The number of nitrogens with one attached hydrogen (secondary N) is 1. The molecule has 20 heavy (non-hydrogen) atoms. The molecule has 1 N–H and O–H groups in total. The number of rotatable bonds is 2. The van der Waals surface area contributed by atoms with Crippen molar-refractivity contribution in [1.29, 1.82) is 0 Å². The van der Waals surface area contributed by atoms with Gasteiger partial charge >= 0.3 is 0 Å². The van der Waals surface area contributed by atoms with Crippen LogP contribution in [-0.4, -0.2) is 11.7 Å². The number of carbonyl (C=O) groups is 2. The van der Waals surface area contributed by atoms with Crippen LogP contribution in [0, 0.1) is 5.82 Å². The summed E-state index contributed by atoms with van der Waals surface area (Å²) in [6.45, 7) is 0. The Hall–Kier alpha value is -2.75. The van der Waals surface area contributed by atoms with Crippen LogP contribution in [-0.2, 0) is 4.79 Å². The average Bonchev–Trinajstić information content (AvgIpc) is 2.76. The molecule has 2 aromatic carbocycles. The van der Waals surface area contributed by atoms with E-state index in [4.69, 9.17) is 0 Å². The van der Waals surface area contributed by atoms with E-state index < -0.39 is 11.7 Å². The number of fused-ring (bicyclic) bond motifs is 1. The summed E-state index contributed by atoms with van der Waals surface area (Å²) in [6, 6.07) is 12.6. The van der Waals surface area contributed by atoms with Crippen molar-refractivity contribution in [1.82, 2.24) is 0 Å². The molecule has 3 rings (SSSR count). The van der Waals surface area contributed by atoms with E-state index in [0.717, 1.165) is 0 Å². The van der Waals surface area contributed by atoms with Gasteiger partial charge in [-0.15, -0.1) is 0 Å². The fourth-order valence-electron chi connectivity index (χ4n) is 2.12. The molecule has 0 aromatic heterocycles. The number of allylic oxidation sites excluding steroid dienone is 1. The summed E-state index contributed by atoms with van der Waals surface area (Å²) in [7, 11) is 0. The Balaban J connectivity index is 2.03. The predicted octanol–water partition coefficient (Wildman–Crippen LogP) is 3.04. The van der Waals surface area contributed by atoms with Crippen molar-refractivity contribution in [2.75, 3.05) is 5.32 Å². The molecule has 0 radical (unpaired) electrons. The van der Waals surface area contributed by atoms with Gasteiger partial charge in [-0.3, -0.25) is 9.59 Å². The fourth-order valence-corrected chi connectivity index (χ4v) is 2.12. The number of hydrogen-bond donors (Lipinski definition) is 1. The molecule has 0 fully saturated rings. The Labute approximate surface area is 114 Å². The average molecular weight is 267 g/mol. The van der Waals surface area contributed by atoms with Crippen LogP contribution < -0.4 is 5.32 Å². The zero-order valence-corrected chi connectivity index (χ0v) is 10.4. The third-order valence-corrected chi connectivity index (χ3v) is 3.10. The molecule has 0 saturated heterocycles. The van der Waals surface area contributed by atoms with Gasteiger partial charge in [0.25, 0.3) is 5.91 Å². The lowest BCUT2D eigenvalue weighted by Crippen LogP contribution is -2.05. The number of carbonyl (C=O) groups excluding carboxylic acids is 2. The molecule has 1 amide bonds. The lowest BCUT2D eigenvalue weighted by molar-refractivity contribution is -0.110. The molecule has 0 saturated carbocycles. The van der Waals surface area contributed by atoms with Gasteiger partial charge in [0.15, 0.2) is 5.78 Å². The summed E-state index contributed by atoms with van der Waals surface area (Å²) in [4.78, 5) is 23.9. The summed E-state index contributed by atoms with van der Waals surface area (Å²) in [5.41, 5.74) is 1.61. The van der Waals surface area contributed by atoms with Crippen molar-refractivity contribution in [2.24, 2.45) is 0 Å². The molecule has 98 valence electrons. The van der Waals surface area contributed by atoms with E-state index in [2.05, 4.69) is 5.32 Å². The smallest absolute Gasteiger partial charge is 0.256 e. The summed E-state index contributed by atoms with van der Waals surface area (Å²) < 4.78 is 13.3. The highest BCUT2D eigenvalue weighted by Crippen LogP contribution is 2.32. The molecule has 2 aromatic rings. The molecule has 1 aliphatic heterocycles. The van der Waals surface area contributed by atoms with Crippen LogP contribution in [0.25, 0.3) is 5.57 Å². The van der Waals surface area contributed by atoms with Gasteiger partial charge in [-0.05, 0) is 24.3 Å². The van der Waals surface area contributed by atoms with Gasteiger partial charge in [0.05, 0.1) is 5.57 Å². The maximum absolute atomic E-state index is 13.3. The molecule has 1 aliphatic rings. The minimum atomic E-state index is -0.446. The predicted molar refractivity (Wildman–Crippen MR) is 73.8 cm³/mol. The number of amides is 1. The van der Waals surface area contributed by atoms with Gasteiger partial charge < -0.3 is 5.32 Å². The second kappa shape index (κ2) is 4.74. The zero-order chi connectivity index (χ0) is 14.1. The number of halogens is 1. The van der Waals surface area contributed by atoms with E-state index in [0.29, 0.717) is 16.8 Å². The topological polar surface area (TPSA) is 46.2 Å². The van der Waals surface area contributed by atoms with Crippen LogP contribution in [0.1, 0.15) is 15.9 Å². The largest absolute Gasteiger partial charge is 0.321 e. The Kier molecular flexibility index (Phi) is 2.91. The molecule has 4 heteroatoms. The van der Waals surface area contributed by atoms with E-state index in [1.165, 1.54) is 24.3 Å². The summed E-state index contributed by atoms with van der Waals surface area (Å²) in [5, 5.41) is 2.61. The number of benzene rings is 2. The number of anilines is 1. The molecule has 0 spiro atoms. The molecular weight excluding hydrogens is 257 g/mol. The second-order valence-electron chi connectivity index (χ2n) is 4.43. The number of ketones is 1. The van der Waals surface area contributed by atoms with Gasteiger partial charge in [-0.1, -0.05) is 30.3 Å². The van der Waals surface area contributed by atoms with Crippen LogP contribution in [0.2, 0.25) is 0 Å². The molecule has 0 bridgehead atoms. The minimum Gasteiger partial charge on any atom is -0.321 e.